The van der Waals surface area contributed by atoms with Gasteiger partial charge in [-0.15, -0.1) is 0 Å². The third-order valence-electron chi connectivity index (χ3n) is 4.60. The second kappa shape index (κ2) is 7.07. The van der Waals surface area contributed by atoms with Crippen molar-refractivity contribution in [2.75, 3.05) is 5.32 Å². The average molecular weight is 360 g/mol. The van der Waals surface area contributed by atoms with E-state index in [1.54, 1.807) is 29.1 Å². The number of para-hydroxylation sites is 2. The van der Waals surface area contributed by atoms with Gasteiger partial charge in [0, 0.05) is 23.4 Å². The molecule has 1 amide bonds. The van der Waals surface area contributed by atoms with Gasteiger partial charge in [0.2, 0.25) is 5.91 Å². The molecule has 2 aromatic carbocycles. The summed E-state index contributed by atoms with van der Waals surface area (Å²) in [6.45, 7) is 2.91. The molecule has 0 unspecified atom stereocenters. The van der Waals surface area contributed by atoms with Crippen molar-refractivity contribution in [1.82, 2.24) is 14.3 Å². The molecule has 0 atom stereocenters. The van der Waals surface area contributed by atoms with Gasteiger partial charge in [-0.2, -0.15) is 5.10 Å². The molecule has 4 aromatic rings. The van der Waals surface area contributed by atoms with Crippen LogP contribution in [0.15, 0.2) is 65.6 Å². The number of aryl methyl sites for hydroxylation is 1. The number of fused-ring (bicyclic) bond motifs is 2. The number of hydrogen-bond donors (Lipinski definition) is 1. The lowest BCUT2D eigenvalue weighted by Crippen LogP contribution is -2.23. The maximum Gasteiger partial charge on any atom is 0.245 e. The van der Waals surface area contributed by atoms with Gasteiger partial charge in [0.1, 0.15) is 12.4 Å². The number of nitrogens with zero attached hydrogens (tertiary/aromatic N) is 3. The predicted octanol–water partition coefficient (Wildman–Crippen LogP) is 3.40. The van der Waals surface area contributed by atoms with Crippen LogP contribution in [0.4, 0.5) is 5.82 Å². The molecule has 27 heavy (non-hydrogen) atoms. The molecular formula is C21H20N4O2. The second-order valence-electron chi connectivity index (χ2n) is 6.44. The largest absolute Gasteiger partial charge is 0.331 e. The zero-order valence-electron chi connectivity index (χ0n) is 15.1. The van der Waals surface area contributed by atoms with Crippen LogP contribution >= 0.6 is 0 Å². The van der Waals surface area contributed by atoms with Crippen LogP contribution < -0.4 is 10.7 Å². The number of nitrogens with one attached hydrogen (secondary N) is 1. The standard InChI is InChI=1S/C21H20N4O2/c1-2-13-25-19(11-12-22-25)23-20(26)14-24-17-9-5-3-7-15(17)21(27)16-8-4-6-10-18(16)24/h3-12H,2,13-14H2,1H3,(H,23,26). The van der Waals surface area contributed by atoms with Crippen LogP contribution in [0.1, 0.15) is 13.3 Å². The summed E-state index contributed by atoms with van der Waals surface area (Å²) >= 11 is 0. The Balaban J connectivity index is 1.76. The van der Waals surface area contributed by atoms with Crippen LogP contribution in [0.5, 0.6) is 0 Å². The second-order valence-corrected chi connectivity index (χ2v) is 6.44. The van der Waals surface area contributed by atoms with Gasteiger partial charge in [-0.1, -0.05) is 31.2 Å². The van der Waals surface area contributed by atoms with Crippen molar-refractivity contribution in [3.05, 3.63) is 71.0 Å². The van der Waals surface area contributed by atoms with Gasteiger partial charge in [0.15, 0.2) is 5.43 Å². The van der Waals surface area contributed by atoms with E-state index in [1.807, 2.05) is 41.0 Å². The molecule has 0 spiro atoms. The molecule has 0 saturated carbocycles. The van der Waals surface area contributed by atoms with Crippen molar-refractivity contribution in [3.63, 3.8) is 0 Å². The van der Waals surface area contributed by atoms with Crippen LogP contribution in [0.2, 0.25) is 0 Å². The van der Waals surface area contributed by atoms with E-state index in [0.29, 0.717) is 16.6 Å². The molecule has 2 heterocycles. The van der Waals surface area contributed by atoms with Crippen molar-refractivity contribution in [2.45, 2.75) is 26.4 Å². The molecule has 4 rings (SSSR count). The molecule has 0 bridgehead atoms. The lowest BCUT2D eigenvalue weighted by Gasteiger charge is -2.15. The Morgan fingerprint density at radius 2 is 1.63 bits per heavy atom. The number of benzene rings is 2. The van der Waals surface area contributed by atoms with Crippen molar-refractivity contribution in [1.29, 1.82) is 0 Å². The molecule has 2 aromatic heterocycles. The Hall–Kier alpha value is -3.41. The minimum atomic E-state index is -0.160. The topological polar surface area (TPSA) is 68.9 Å². The number of rotatable bonds is 5. The Bertz CT molecular complexity index is 1130. The van der Waals surface area contributed by atoms with Crippen LogP contribution in [0.3, 0.4) is 0 Å². The smallest absolute Gasteiger partial charge is 0.245 e. The molecule has 0 aliphatic carbocycles. The number of aromatic nitrogens is 3. The molecule has 1 N–H and O–H groups in total. The van der Waals surface area contributed by atoms with Gasteiger partial charge in [0.05, 0.1) is 17.2 Å². The van der Waals surface area contributed by atoms with E-state index in [-0.39, 0.29) is 17.9 Å². The summed E-state index contributed by atoms with van der Waals surface area (Å²) in [6.07, 6.45) is 2.61. The van der Waals surface area contributed by atoms with E-state index < -0.39 is 0 Å². The third kappa shape index (κ3) is 3.10. The Morgan fingerprint density at radius 1 is 1.00 bits per heavy atom. The zero-order valence-corrected chi connectivity index (χ0v) is 15.1. The Labute approximate surface area is 156 Å². The molecule has 136 valence electrons. The molecule has 0 aliphatic rings. The molecular weight excluding hydrogens is 340 g/mol. The van der Waals surface area contributed by atoms with Crippen molar-refractivity contribution >= 4 is 33.5 Å². The molecule has 0 saturated heterocycles. The molecule has 0 fully saturated rings. The molecule has 6 nitrogen and oxygen atoms in total. The van der Waals surface area contributed by atoms with E-state index in [2.05, 4.69) is 17.3 Å². The fraction of sp³-hybridized carbons (Fsp3) is 0.190. The van der Waals surface area contributed by atoms with E-state index >= 15 is 0 Å². The fourth-order valence-electron chi connectivity index (χ4n) is 3.40. The summed E-state index contributed by atoms with van der Waals surface area (Å²) in [5.74, 6) is 0.517. The fourth-order valence-corrected chi connectivity index (χ4v) is 3.40. The first kappa shape index (κ1) is 17.0. The number of carbonyl (C=O) groups is 1. The highest BCUT2D eigenvalue weighted by Gasteiger charge is 2.14. The number of amides is 1. The minimum absolute atomic E-state index is 0.0149. The summed E-state index contributed by atoms with van der Waals surface area (Å²) in [4.78, 5) is 25.5. The quantitative estimate of drug-likeness (QED) is 0.555. The summed E-state index contributed by atoms with van der Waals surface area (Å²) < 4.78 is 3.67. The van der Waals surface area contributed by atoms with Gasteiger partial charge in [-0.3, -0.25) is 9.59 Å². The van der Waals surface area contributed by atoms with Gasteiger partial charge >= 0.3 is 0 Å². The summed E-state index contributed by atoms with van der Waals surface area (Å²) in [5.41, 5.74) is 1.48. The predicted molar refractivity (Wildman–Crippen MR) is 107 cm³/mol. The van der Waals surface area contributed by atoms with Crippen LogP contribution in [0.25, 0.3) is 21.8 Å². The van der Waals surface area contributed by atoms with Gasteiger partial charge < -0.3 is 9.88 Å². The first-order valence-electron chi connectivity index (χ1n) is 9.01. The number of anilines is 1. The van der Waals surface area contributed by atoms with Crippen molar-refractivity contribution in [3.8, 4) is 0 Å². The van der Waals surface area contributed by atoms with E-state index in [9.17, 15) is 9.59 Å². The van der Waals surface area contributed by atoms with Gasteiger partial charge in [0.25, 0.3) is 0 Å². The zero-order chi connectivity index (χ0) is 18.8. The average Bonchev–Trinajstić information content (AvgIpc) is 3.12. The van der Waals surface area contributed by atoms with Crippen LogP contribution in [-0.4, -0.2) is 20.3 Å². The minimum Gasteiger partial charge on any atom is -0.331 e. The third-order valence-corrected chi connectivity index (χ3v) is 4.60. The molecule has 0 radical (unpaired) electrons. The maximum absolute atomic E-state index is 12.8. The first-order valence-corrected chi connectivity index (χ1v) is 9.01. The van der Waals surface area contributed by atoms with Crippen molar-refractivity contribution < 1.29 is 4.79 Å². The van der Waals surface area contributed by atoms with Gasteiger partial charge in [-0.25, -0.2) is 4.68 Å². The molecule has 0 aliphatic heterocycles. The lowest BCUT2D eigenvalue weighted by atomic mass is 10.1. The normalized spacial score (nSPS) is 11.1. The highest BCUT2D eigenvalue weighted by molar-refractivity contribution is 5.96. The summed E-state index contributed by atoms with van der Waals surface area (Å²) in [6, 6.07) is 16.6. The van der Waals surface area contributed by atoms with E-state index in [0.717, 1.165) is 24.0 Å². The summed E-state index contributed by atoms with van der Waals surface area (Å²) in [5, 5.41) is 8.38. The SMILES string of the molecule is CCCn1nccc1NC(=O)Cn1c2ccccc2c(=O)c2ccccc21. The van der Waals surface area contributed by atoms with E-state index in [4.69, 9.17) is 0 Å². The van der Waals surface area contributed by atoms with Crippen LogP contribution in [0, 0.1) is 0 Å². The lowest BCUT2D eigenvalue weighted by molar-refractivity contribution is -0.116. The van der Waals surface area contributed by atoms with E-state index in [1.165, 1.54) is 0 Å². The van der Waals surface area contributed by atoms with Crippen molar-refractivity contribution in [2.24, 2.45) is 0 Å². The monoisotopic (exact) mass is 360 g/mol. The number of carbonyl (C=O) groups excluding carboxylic acids is 1. The Kier molecular flexibility index (Phi) is 4.46. The highest BCUT2D eigenvalue weighted by atomic mass is 16.2. The first-order chi connectivity index (χ1) is 13.2. The summed E-state index contributed by atoms with van der Waals surface area (Å²) in [7, 11) is 0. The number of hydrogen-bond acceptors (Lipinski definition) is 3. The van der Waals surface area contributed by atoms with Gasteiger partial charge in [-0.05, 0) is 30.7 Å². The maximum atomic E-state index is 12.8. The Morgan fingerprint density at radius 3 is 2.26 bits per heavy atom. The highest BCUT2D eigenvalue weighted by Crippen LogP contribution is 2.19. The van der Waals surface area contributed by atoms with Crippen LogP contribution in [-0.2, 0) is 17.9 Å². The molecule has 6 heteroatoms. The number of pyridine rings is 1.